The topological polar surface area (TPSA) is 28.8 Å². The molecule has 3 heteroatoms. The number of thiazole rings is 1. The summed E-state index contributed by atoms with van der Waals surface area (Å²) in [4.78, 5) is 1.71. The average molecular weight is 166 g/mol. The van der Waals surface area contributed by atoms with Crippen molar-refractivity contribution >= 4 is 11.3 Å². The standard InChI is InChI=1S/C8H10N2S/c1-4-5-10-6(2)7(3)11-8(10)9/h1,9H,5H2,2-3H3. The molecule has 0 aliphatic heterocycles. The smallest absolute Gasteiger partial charge is 0.183 e. The van der Waals surface area contributed by atoms with Gasteiger partial charge in [-0.25, -0.2) is 0 Å². The summed E-state index contributed by atoms with van der Waals surface area (Å²) in [6.45, 7) is 4.50. The van der Waals surface area contributed by atoms with Gasteiger partial charge in [-0.15, -0.1) is 17.8 Å². The van der Waals surface area contributed by atoms with Gasteiger partial charge in [0.2, 0.25) is 0 Å². The van der Waals surface area contributed by atoms with Crippen molar-refractivity contribution in [1.82, 2.24) is 4.57 Å². The fourth-order valence-electron chi connectivity index (χ4n) is 0.898. The lowest BCUT2D eigenvalue weighted by atomic mass is 10.4. The third-order valence-corrected chi connectivity index (χ3v) is 2.67. The van der Waals surface area contributed by atoms with Crippen LogP contribution in [-0.4, -0.2) is 4.57 Å². The van der Waals surface area contributed by atoms with Crippen molar-refractivity contribution in [3.8, 4) is 12.3 Å². The molecule has 11 heavy (non-hydrogen) atoms. The summed E-state index contributed by atoms with van der Waals surface area (Å²) in [6.07, 6.45) is 5.16. The maximum atomic E-state index is 7.52. The molecule has 58 valence electrons. The van der Waals surface area contributed by atoms with E-state index in [-0.39, 0.29) is 0 Å². The lowest BCUT2D eigenvalue weighted by molar-refractivity contribution is 0.762. The molecular formula is C8H10N2S. The van der Waals surface area contributed by atoms with Crippen molar-refractivity contribution in [1.29, 1.82) is 5.41 Å². The van der Waals surface area contributed by atoms with Crippen molar-refractivity contribution in [2.45, 2.75) is 20.4 Å². The molecule has 0 unspecified atom stereocenters. The Bertz CT molecular complexity index is 351. The predicted octanol–water partition coefficient (Wildman–Crippen LogP) is 1.28. The molecule has 1 aromatic rings. The molecule has 0 amide bonds. The van der Waals surface area contributed by atoms with Gasteiger partial charge in [0, 0.05) is 10.6 Å². The second-order valence-corrected chi connectivity index (χ2v) is 3.54. The van der Waals surface area contributed by atoms with Crippen LogP contribution in [0.4, 0.5) is 0 Å². The van der Waals surface area contributed by atoms with E-state index in [0.717, 1.165) is 5.69 Å². The van der Waals surface area contributed by atoms with Gasteiger partial charge in [0.15, 0.2) is 4.80 Å². The summed E-state index contributed by atoms with van der Waals surface area (Å²) in [5.41, 5.74) is 1.11. The Labute approximate surface area is 70.0 Å². The number of aryl methyl sites for hydroxylation is 1. The maximum absolute atomic E-state index is 7.52. The first-order chi connectivity index (χ1) is 5.16. The number of nitrogens with zero attached hydrogens (tertiary/aromatic N) is 1. The molecule has 0 bridgehead atoms. The lowest BCUT2D eigenvalue weighted by Crippen LogP contribution is -2.13. The van der Waals surface area contributed by atoms with E-state index in [1.165, 1.54) is 16.2 Å². The molecule has 1 N–H and O–H groups in total. The molecule has 0 aromatic carbocycles. The highest BCUT2D eigenvalue weighted by molar-refractivity contribution is 7.09. The summed E-state index contributed by atoms with van der Waals surface area (Å²) < 4.78 is 1.83. The van der Waals surface area contributed by atoms with Gasteiger partial charge in [-0.05, 0) is 13.8 Å². The molecule has 0 fully saturated rings. The molecule has 1 aromatic heterocycles. The summed E-state index contributed by atoms with van der Waals surface area (Å²) in [7, 11) is 0. The van der Waals surface area contributed by atoms with Gasteiger partial charge in [0.1, 0.15) is 0 Å². The summed E-state index contributed by atoms with van der Waals surface area (Å²) in [5.74, 6) is 2.53. The van der Waals surface area contributed by atoms with Crippen LogP contribution < -0.4 is 4.80 Å². The van der Waals surface area contributed by atoms with Crippen molar-refractivity contribution in [3.05, 3.63) is 15.4 Å². The minimum absolute atomic E-state index is 0.509. The van der Waals surface area contributed by atoms with Gasteiger partial charge in [0.25, 0.3) is 0 Å². The van der Waals surface area contributed by atoms with E-state index in [1.54, 1.807) is 0 Å². The van der Waals surface area contributed by atoms with Crippen LogP contribution in [0.3, 0.4) is 0 Å². The van der Waals surface area contributed by atoms with Gasteiger partial charge >= 0.3 is 0 Å². The number of rotatable bonds is 1. The van der Waals surface area contributed by atoms with Gasteiger partial charge < -0.3 is 4.57 Å². The van der Waals surface area contributed by atoms with Crippen LogP contribution in [0, 0.1) is 31.6 Å². The minimum atomic E-state index is 0.509. The summed E-state index contributed by atoms with van der Waals surface area (Å²) in [6, 6.07) is 0. The Balaban J connectivity index is 3.25. The molecule has 1 heterocycles. The van der Waals surface area contributed by atoms with Crippen LogP contribution in [0.2, 0.25) is 0 Å². The van der Waals surface area contributed by atoms with Crippen molar-refractivity contribution in [2.75, 3.05) is 0 Å². The molecule has 0 saturated heterocycles. The van der Waals surface area contributed by atoms with E-state index in [0.29, 0.717) is 11.3 Å². The van der Waals surface area contributed by atoms with Crippen molar-refractivity contribution in [3.63, 3.8) is 0 Å². The number of nitrogens with one attached hydrogen (secondary N) is 1. The van der Waals surface area contributed by atoms with Gasteiger partial charge in [-0.2, -0.15) is 0 Å². The zero-order valence-corrected chi connectivity index (χ0v) is 7.46. The fraction of sp³-hybridized carbons (Fsp3) is 0.375. The SMILES string of the molecule is C#CCn1c(C)c(C)sc1=N. The summed E-state index contributed by atoms with van der Waals surface area (Å²) >= 11 is 1.47. The van der Waals surface area contributed by atoms with Crippen LogP contribution >= 0.6 is 11.3 Å². The summed E-state index contributed by atoms with van der Waals surface area (Å²) in [5, 5.41) is 7.52. The number of terminal acetylenes is 1. The maximum Gasteiger partial charge on any atom is 0.183 e. The second-order valence-electron chi connectivity index (χ2n) is 2.34. The predicted molar refractivity (Wildman–Crippen MR) is 46.5 cm³/mol. The molecular weight excluding hydrogens is 156 g/mol. The molecule has 0 aliphatic rings. The largest absolute Gasteiger partial charge is 0.310 e. The van der Waals surface area contributed by atoms with Crippen LogP contribution in [-0.2, 0) is 6.54 Å². The third kappa shape index (κ3) is 1.36. The first-order valence-electron chi connectivity index (χ1n) is 3.31. The molecule has 1 rings (SSSR count). The van der Waals surface area contributed by atoms with E-state index >= 15 is 0 Å². The molecule has 0 radical (unpaired) electrons. The Morgan fingerprint density at radius 2 is 2.27 bits per heavy atom. The molecule has 0 saturated carbocycles. The highest BCUT2D eigenvalue weighted by atomic mass is 32.1. The normalized spacial score (nSPS) is 9.55. The van der Waals surface area contributed by atoms with Crippen LogP contribution in [0.1, 0.15) is 10.6 Å². The van der Waals surface area contributed by atoms with Gasteiger partial charge in [-0.1, -0.05) is 5.92 Å². The van der Waals surface area contributed by atoms with Gasteiger partial charge in [0.05, 0.1) is 6.54 Å². The zero-order chi connectivity index (χ0) is 8.43. The number of hydrogen-bond acceptors (Lipinski definition) is 2. The van der Waals surface area contributed by atoms with Crippen molar-refractivity contribution in [2.24, 2.45) is 0 Å². The number of aromatic nitrogens is 1. The molecule has 0 atom stereocenters. The highest BCUT2D eigenvalue weighted by Crippen LogP contribution is 2.08. The Morgan fingerprint density at radius 3 is 2.64 bits per heavy atom. The zero-order valence-electron chi connectivity index (χ0n) is 6.64. The van der Waals surface area contributed by atoms with E-state index in [1.807, 2.05) is 18.4 Å². The Hall–Kier alpha value is -1.01. The van der Waals surface area contributed by atoms with E-state index in [4.69, 9.17) is 11.8 Å². The third-order valence-electron chi connectivity index (χ3n) is 1.66. The Morgan fingerprint density at radius 1 is 1.64 bits per heavy atom. The van der Waals surface area contributed by atoms with Gasteiger partial charge in [-0.3, -0.25) is 5.41 Å². The van der Waals surface area contributed by atoms with Crippen molar-refractivity contribution < 1.29 is 0 Å². The van der Waals surface area contributed by atoms with E-state index in [2.05, 4.69) is 5.92 Å². The monoisotopic (exact) mass is 166 g/mol. The molecule has 0 spiro atoms. The molecule has 0 aliphatic carbocycles. The minimum Gasteiger partial charge on any atom is -0.310 e. The fourth-order valence-corrected chi connectivity index (χ4v) is 1.76. The van der Waals surface area contributed by atoms with Crippen LogP contribution in [0.15, 0.2) is 0 Å². The lowest BCUT2D eigenvalue weighted by Gasteiger charge is -1.98. The first-order valence-corrected chi connectivity index (χ1v) is 4.13. The van der Waals surface area contributed by atoms with Crippen LogP contribution in [0.5, 0.6) is 0 Å². The average Bonchev–Trinajstić information content (AvgIpc) is 2.17. The molecule has 2 nitrogen and oxygen atoms in total. The van der Waals surface area contributed by atoms with E-state index < -0.39 is 0 Å². The number of hydrogen-bond donors (Lipinski definition) is 1. The first kappa shape index (κ1) is 8.09. The second kappa shape index (κ2) is 2.93. The van der Waals surface area contributed by atoms with E-state index in [9.17, 15) is 0 Å². The highest BCUT2D eigenvalue weighted by Gasteiger charge is 2.01. The quantitative estimate of drug-likeness (QED) is 0.609. The Kier molecular flexibility index (Phi) is 2.16. The van der Waals surface area contributed by atoms with Crippen LogP contribution in [0.25, 0.3) is 0 Å².